The van der Waals surface area contributed by atoms with Crippen molar-refractivity contribution in [1.82, 2.24) is 4.90 Å². The van der Waals surface area contributed by atoms with Crippen molar-refractivity contribution < 1.29 is 4.79 Å². The predicted molar refractivity (Wildman–Crippen MR) is 92.1 cm³/mol. The van der Waals surface area contributed by atoms with E-state index in [0.29, 0.717) is 0 Å². The van der Waals surface area contributed by atoms with Gasteiger partial charge in [-0.3, -0.25) is 4.79 Å². The zero-order chi connectivity index (χ0) is 15.8. The Balaban J connectivity index is 3.72. The molecule has 0 aromatic heterocycles. The smallest absolute Gasteiger partial charge is 0.264 e. The highest BCUT2D eigenvalue weighted by molar-refractivity contribution is 6.24. The van der Waals surface area contributed by atoms with Gasteiger partial charge in [-0.25, -0.2) is 0 Å². The molecular formula is C18H36N2O. The Hall–Kier alpha value is -0.860. The first-order valence-corrected chi connectivity index (χ1v) is 9.05. The largest absolute Gasteiger partial charge is 0.338 e. The normalized spacial score (nSPS) is 10.6. The second-order valence-corrected chi connectivity index (χ2v) is 6.01. The SMILES string of the molecule is CCCCCCCCN(CCCCCCCC)C(=O)C=N. The molecule has 0 saturated carbocycles. The van der Waals surface area contributed by atoms with E-state index in [1.807, 2.05) is 4.90 Å². The van der Waals surface area contributed by atoms with Gasteiger partial charge in [-0.1, -0.05) is 78.1 Å². The van der Waals surface area contributed by atoms with Crippen molar-refractivity contribution in [3.63, 3.8) is 0 Å². The maximum Gasteiger partial charge on any atom is 0.264 e. The van der Waals surface area contributed by atoms with Gasteiger partial charge in [0.25, 0.3) is 5.91 Å². The molecule has 0 saturated heterocycles. The number of rotatable bonds is 15. The molecule has 0 aromatic carbocycles. The van der Waals surface area contributed by atoms with Gasteiger partial charge in [0.15, 0.2) is 0 Å². The van der Waals surface area contributed by atoms with Crippen molar-refractivity contribution in [2.45, 2.75) is 90.9 Å². The summed E-state index contributed by atoms with van der Waals surface area (Å²) in [4.78, 5) is 13.6. The molecule has 1 amide bonds. The van der Waals surface area contributed by atoms with E-state index in [2.05, 4.69) is 13.8 Å². The lowest BCUT2D eigenvalue weighted by Crippen LogP contribution is -2.33. The molecule has 0 aliphatic rings. The predicted octanol–water partition coefficient (Wildman–Crippen LogP) is 5.19. The van der Waals surface area contributed by atoms with E-state index in [1.165, 1.54) is 64.2 Å². The molecule has 21 heavy (non-hydrogen) atoms. The van der Waals surface area contributed by atoms with Crippen molar-refractivity contribution in [2.24, 2.45) is 0 Å². The average molecular weight is 296 g/mol. The van der Waals surface area contributed by atoms with Crippen molar-refractivity contribution >= 4 is 12.1 Å². The number of hydrogen-bond acceptors (Lipinski definition) is 2. The van der Waals surface area contributed by atoms with Crippen LogP contribution in [0.25, 0.3) is 0 Å². The molecule has 3 heteroatoms. The summed E-state index contributed by atoms with van der Waals surface area (Å²) in [5, 5.41) is 7.17. The molecule has 0 aromatic rings. The van der Waals surface area contributed by atoms with Gasteiger partial charge in [0.2, 0.25) is 0 Å². The molecule has 0 spiro atoms. The van der Waals surface area contributed by atoms with Crippen LogP contribution in [-0.2, 0) is 4.79 Å². The topological polar surface area (TPSA) is 44.2 Å². The highest BCUT2D eigenvalue weighted by Gasteiger charge is 2.09. The second-order valence-electron chi connectivity index (χ2n) is 6.01. The number of nitrogens with one attached hydrogen (secondary N) is 1. The third kappa shape index (κ3) is 12.6. The van der Waals surface area contributed by atoms with Crippen LogP contribution in [0.4, 0.5) is 0 Å². The van der Waals surface area contributed by atoms with Crippen molar-refractivity contribution in [3.05, 3.63) is 0 Å². The molecule has 0 fully saturated rings. The van der Waals surface area contributed by atoms with Crippen LogP contribution in [-0.4, -0.2) is 30.1 Å². The van der Waals surface area contributed by atoms with E-state index >= 15 is 0 Å². The Morgan fingerprint density at radius 1 is 0.762 bits per heavy atom. The minimum atomic E-state index is -0.114. The van der Waals surface area contributed by atoms with Gasteiger partial charge in [-0.2, -0.15) is 0 Å². The van der Waals surface area contributed by atoms with Crippen LogP contribution in [0.3, 0.4) is 0 Å². The summed E-state index contributed by atoms with van der Waals surface area (Å²) in [6.07, 6.45) is 15.9. The summed E-state index contributed by atoms with van der Waals surface area (Å²) in [6, 6.07) is 0. The Labute approximate surface area is 132 Å². The highest BCUT2D eigenvalue weighted by Crippen LogP contribution is 2.08. The maximum absolute atomic E-state index is 11.7. The zero-order valence-corrected chi connectivity index (χ0v) is 14.3. The van der Waals surface area contributed by atoms with Gasteiger partial charge < -0.3 is 10.3 Å². The molecule has 124 valence electrons. The summed E-state index contributed by atoms with van der Waals surface area (Å²) in [5.41, 5.74) is 0. The summed E-state index contributed by atoms with van der Waals surface area (Å²) in [6.45, 7) is 6.11. The Morgan fingerprint density at radius 2 is 1.14 bits per heavy atom. The van der Waals surface area contributed by atoms with E-state index in [-0.39, 0.29) is 5.91 Å². The number of amides is 1. The lowest BCUT2D eigenvalue weighted by Gasteiger charge is -2.20. The molecule has 3 nitrogen and oxygen atoms in total. The number of carbonyl (C=O) groups is 1. The molecule has 0 aliphatic heterocycles. The maximum atomic E-state index is 11.7. The Morgan fingerprint density at radius 3 is 1.52 bits per heavy atom. The van der Waals surface area contributed by atoms with Gasteiger partial charge in [-0.15, -0.1) is 0 Å². The third-order valence-electron chi connectivity index (χ3n) is 4.00. The summed E-state index contributed by atoms with van der Waals surface area (Å²) < 4.78 is 0. The van der Waals surface area contributed by atoms with Crippen LogP contribution in [0.5, 0.6) is 0 Å². The zero-order valence-electron chi connectivity index (χ0n) is 14.3. The van der Waals surface area contributed by atoms with Crippen LogP contribution in [0.2, 0.25) is 0 Å². The first-order valence-electron chi connectivity index (χ1n) is 9.05. The van der Waals surface area contributed by atoms with Gasteiger partial charge >= 0.3 is 0 Å². The van der Waals surface area contributed by atoms with Crippen molar-refractivity contribution in [2.75, 3.05) is 13.1 Å². The van der Waals surface area contributed by atoms with Crippen LogP contribution in [0.15, 0.2) is 0 Å². The minimum absolute atomic E-state index is 0.114. The molecular weight excluding hydrogens is 260 g/mol. The fourth-order valence-electron chi connectivity index (χ4n) is 2.59. The van der Waals surface area contributed by atoms with Gasteiger partial charge in [0, 0.05) is 13.1 Å². The fraction of sp³-hybridized carbons (Fsp3) is 0.889. The average Bonchev–Trinajstić information content (AvgIpc) is 2.51. The molecule has 0 unspecified atom stereocenters. The van der Waals surface area contributed by atoms with E-state index in [4.69, 9.17) is 5.41 Å². The quantitative estimate of drug-likeness (QED) is 0.328. The van der Waals surface area contributed by atoms with E-state index in [1.54, 1.807) is 0 Å². The summed E-state index contributed by atoms with van der Waals surface area (Å²) in [5.74, 6) is -0.114. The first kappa shape index (κ1) is 20.1. The monoisotopic (exact) mass is 296 g/mol. The molecule has 0 bridgehead atoms. The number of nitrogens with zero attached hydrogens (tertiary/aromatic N) is 1. The summed E-state index contributed by atoms with van der Waals surface area (Å²) >= 11 is 0. The van der Waals surface area contributed by atoms with Gasteiger partial charge in [0.1, 0.15) is 0 Å². The van der Waals surface area contributed by atoms with Crippen LogP contribution in [0.1, 0.15) is 90.9 Å². The van der Waals surface area contributed by atoms with E-state index < -0.39 is 0 Å². The standard InChI is InChI=1S/C18H36N2O/c1-3-5-7-9-11-13-15-20(18(21)17-19)16-14-12-10-8-6-4-2/h17,19H,3-16H2,1-2H3. The van der Waals surface area contributed by atoms with Crippen LogP contribution in [0, 0.1) is 5.41 Å². The van der Waals surface area contributed by atoms with E-state index in [0.717, 1.165) is 32.1 Å². The number of carbonyl (C=O) groups excluding carboxylic acids is 1. The first-order chi connectivity index (χ1) is 10.3. The highest BCUT2D eigenvalue weighted by atomic mass is 16.2. The Kier molecular flexibility index (Phi) is 14.9. The number of unbranched alkanes of at least 4 members (excludes halogenated alkanes) is 10. The number of hydrogen-bond donors (Lipinski definition) is 1. The Bertz CT molecular complexity index is 238. The lowest BCUT2D eigenvalue weighted by molar-refractivity contribution is -0.123. The molecule has 0 rings (SSSR count). The van der Waals surface area contributed by atoms with E-state index in [9.17, 15) is 4.79 Å². The van der Waals surface area contributed by atoms with Crippen LogP contribution >= 0.6 is 0 Å². The second kappa shape index (κ2) is 15.5. The lowest BCUT2D eigenvalue weighted by atomic mass is 10.1. The molecule has 0 heterocycles. The molecule has 1 N–H and O–H groups in total. The molecule has 0 aliphatic carbocycles. The minimum Gasteiger partial charge on any atom is -0.338 e. The van der Waals surface area contributed by atoms with Gasteiger partial charge in [0.05, 0.1) is 6.21 Å². The fourth-order valence-corrected chi connectivity index (χ4v) is 2.59. The van der Waals surface area contributed by atoms with Crippen molar-refractivity contribution in [3.8, 4) is 0 Å². The van der Waals surface area contributed by atoms with Crippen LogP contribution < -0.4 is 0 Å². The molecule has 0 radical (unpaired) electrons. The van der Waals surface area contributed by atoms with Gasteiger partial charge in [-0.05, 0) is 12.8 Å². The molecule has 0 atom stereocenters. The third-order valence-corrected chi connectivity index (χ3v) is 4.00. The van der Waals surface area contributed by atoms with Crippen molar-refractivity contribution in [1.29, 1.82) is 5.41 Å². The summed E-state index contributed by atoms with van der Waals surface area (Å²) in [7, 11) is 0.